The van der Waals surface area contributed by atoms with E-state index < -0.39 is 0 Å². The van der Waals surface area contributed by atoms with E-state index in [1.54, 1.807) is 0 Å². The number of nitrogen functional groups attached to an aromatic ring is 1. The average Bonchev–Trinajstić information content (AvgIpc) is 2.37. The molecular formula is C12H17Br2N3O. The Labute approximate surface area is 124 Å². The third kappa shape index (κ3) is 3.05. The lowest BCUT2D eigenvalue weighted by molar-refractivity contribution is 0.111. The summed E-state index contributed by atoms with van der Waals surface area (Å²) in [6.07, 6.45) is 0. The van der Waals surface area contributed by atoms with Crippen molar-refractivity contribution >= 4 is 37.5 Å². The average molecular weight is 379 g/mol. The predicted octanol–water partition coefficient (Wildman–Crippen LogP) is 1.73. The van der Waals surface area contributed by atoms with Crippen LogP contribution in [-0.4, -0.2) is 42.8 Å². The molecule has 0 spiro atoms. The van der Waals surface area contributed by atoms with Gasteiger partial charge >= 0.3 is 0 Å². The summed E-state index contributed by atoms with van der Waals surface area (Å²) in [5.74, 6) is 0. The number of piperazine rings is 1. The Kier molecular flexibility index (Phi) is 5.03. The largest absolute Gasteiger partial charge is 0.398 e. The van der Waals surface area contributed by atoms with E-state index in [-0.39, 0.29) is 12.6 Å². The van der Waals surface area contributed by atoms with E-state index in [1.807, 2.05) is 12.1 Å². The minimum atomic E-state index is -0.0408. The highest BCUT2D eigenvalue weighted by Crippen LogP contribution is 2.34. The first-order valence-electron chi connectivity index (χ1n) is 5.93. The van der Waals surface area contributed by atoms with Gasteiger partial charge in [0, 0.05) is 35.1 Å². The highest BCUT2D eigenvalue weighted by atomic mass is 79.9. The summed E-state index contributed by atoms with van der Waals surface area (Å²) >= 11 is 6.92. The summed E-state index contributed by atoms with van der Waals surface area (Å²) in [6.45, 7) is 3.83. The highest BCUT2D eigenvalue weighted by Gasteiger charge is 2.24. The van der Waals surface area contributed by atoms with Crippen molar-refractivity contribution in [2.45, 2.75) is 6.04 Å². The van der Waals surface area contributed by atoms with Crippen molar-refractivity contribution in [3.63, 3.8) is 0 Å². The van der Waals surface area contributed by atoms with Crippen LogP contribution < -0.4 is 11.1 Å². The second-order valence-corrected chi connectivity index (χ2v) is 6.14. The van der Waals surface area contributed by atoms with Crippen LogP contribution in [0.5, 0.6) is 0 Å². The van der Waals surface area contributed by atoms with Gasteiger partial charge in [0.2, 0.25) is 0 Å². The molecule has 0 amide bonds. The molecule has 1 aromatic rings. The van der Waals surface area contributed by atoms with Crippen molar-refractivity contribution < 1.29 is 5.11 Å². The van der Waals surface area contributed by atoms with E-state index in [0.717, 1.165) is 40.7 Å². The fraction of sp³-hybridized carbons (Fsp3) is 0.500. The maximum atomic E-state index is 9.69. The molecule has 6 heteroatoms. The van der Waals surface area contributed by atoms with Crippen LogP contribution >= 0.6 is 31.9 Å². The molecule has 0 unspecified atom stereocenters. The fourth-order valence-corrected chi connectivity index (χ4v) is 3.54. The first kappa shape index (κ1) is 14.3. The van der Waals surface area contributed by atoms with Crippen molar-refractivity contribution in [2.75, 3.05) is 38.5 Å². The fourth-order valence-electron chi connectivity index (χ4n) is 2.28. The van der Waals surface area contributed by atoms with E-state index in [4.69, 9.17) is 5.73 Å². The lowest BCUT2D eigenvalue weighted by atomic mass is 10.0. The van der Waals surface area contributed by atoms with Gasteiger partial charge in [-0.2, -0.15) is 0 Å². The van der Waals surface area contributed by atoms with Gasteiger partial charge in [-0.3, -0.25) is 4.90 Å². The minimum absolute atomic E-state index is 0.0408. The third-order valence-corrected chi connectivity index (χ3v) is 4.36. The Hall–Kier alpha value is -0.140. The number of hydrogen-bond acceptors (Lipinski definition) is 4. The molecule has 0 aliphatic carbocycles. The molecule has 1 aliphatic heterocycles. The predicted molar refractivity (Wildman–Crippen MR) is 80.5 cm³/mol. The smallest absolute Gasteiger partial charge is 0.0629 e. The van der Waals surface area contributed by atoms with Gasteiger partial charge in [0.05, 0.1) is 18.3 Å². The number of nitrogens with one attached hydrogen (secondary N) is 1. The second-order valence-electron chi connectivity index (χ2n) is 4.37. The summed E-state index contributed by atoms with van der Waals surface area (Å²) in [5, 5.41) is 13.0. The monoisotopic (exact) mass is 377 g/mol. The molecule has 1 aromatic carbocycles. The molecule has 18 heavy (non-hydrogen) atoms. The standard InChI is InChI=1S/C12H17Br2N3O/c13-8-5-9(12(15)10(14)6-8)11(7-18)17-3-1-16-2-4-17/h5-6,11,16,18H,1-4,7,15H2/t11-/m0/s1. The molecule has 4 N–H and O–H groups in total. The number of hydrogen-bond donors (Lipinski definition) is 3. The lowest BCUT2D eigenvalue weighted by Gasteiger charge is -2.34. The maximum Gasteiger partial charge on any atom is 0.0629 e. The zero-order valence-electron chi connectivity index (χ0n) is 10.00. The van der Waals surface area contributed by atoms with Crippen LogP contribution in [0, 0.1) is 0 Å². The molecule has 100 valence electrons. The Morgan fingerprint density at radius 2 is 2.00 bits per heavy atom. The normalized spacial score (nSPS) is 18.8. The summed E-state index contributed by atoms with van der Waals surface area (Å²) in [4.78, 5) is 2.26. The molecule has 1 aliphatic rings. The molecule has 0 saturated carbocycles. The topological polar surface area (TPSA) is 61.5 Å². The maximum absolute atomic E-state index is 9.69. The van der Waals surface area contributed by atoms with Gasteiger partial charge in [-0.25, -0.2) is 0 Å². The third-order valence-electron chi connectivity index (χ3n) is 3.25. The van der Waals surface area contributed by atoms with Crippen LogP contribution in [0.25, 0.3) is 0 Å². The lowest BCUT2D eigenvalue weighted by Crippen LogP contribution is -2.46. The van der Waals surface area contributed by atoms with E-state index in [1.165, 1.54) is 0 Å². The van der Waals surface area contributed by atoms with Crippen LogP contribution in [0.2, 0.25) is 0 Å². The van der Waals surface area contributed by atoms with Gasteiger partial charge in [-0.15, -0.1) is 0 Å². The molecule has 1 heterocycles. The first-order valence-corrected chi connectivity index (χ1v) is 7.52. The van der Waals surface area contributed by atoms with Crippen LogP contribution in [0.3, 0.4) is 0 Å². The molecule has 1 fully saturated rings. The number of aliphatic hydroxyl groups is 1. The number of benzene rings is 1. The second kappa shape index (κ2) is 6.34. The molecule has 1 saturated heterocycles. The molecule has 0 bridgehead atoms. The molecule has 4 nitrogen and oxygen atoms in total. The molecule has 2 rings (SSSR count). The van der Waals surface area contributed by atoms with Crippen molar-refractivity contribution in [3.05, 3.63) is 26.6 Å². The van der Waals surface area contributed by atoms with Gasteiger partial charge in [-0.1, -0.05) is 15.9 Å². The highest BCUT2D eigenvalue weighted by molar-refractivity contribution is 9.11. The summed E-state index contributed by atoms with van der Waals surface area (Å²) in [5.41, 5.74) is 7.79. The van der Waals surface area contributed by atoms with E-state index in [2.05, 4.69) is 42.1 Å². The number of nitrogens with zero attached hydrogens (tertiary/aromatic N) is 1. The summed E-state index contributed by atoms with van der Waals surface area (Å²) in [6, 6.07) is 3.87. The van der Waals surface area contributed by atoms with E-state index in [0.29, 0.717) is 5.69 Å². The number of anilines is 1. The van der Waals surface area contributed by atoms with Gasteiger partial charge in [0.25, 0.3) is 0 Å². The number of nitrogens with two attached hydrogens (primary N) is 1. The first-order chi connectivity index (χ1) is 8.63. The molecule has 1 atom stereocenters. The van der Waals surface area contributed by atoms with Crippen LogP contribution in [0.15, 0.2) is 21.1 Å². The van der Waals surface area contributed by atoms with Crippen LogP contribution in [0.1, 0.15) is 11.6 Å². The zero-order chi connectivity index (χ0) is 13.1. The molecule has 0 aromatic heterocycles. The van der Waals surface area contributed by atoms with Gasteiger partial charge < -0.3 is 16.2 Å². The SMILES string of the molecule is Nc1c(Br)cc(Br)cc1[C@H](CO)N1CCNCC1. The summed E-state index contributed by atoms with van der Waals surface area (Å²) in [7, 11) is 0. The summed E-state index contributed by atoms with van der Waals surface area (Å²) < 4.78 is 1.83. The van der Waals surface area contributed by atoms with Gasteiger partial charge in [-0.05, 0) is 33.6 Å². The Balaban J connectivity index is 2.31. The zero-order valence-corrected chi connectivity index (χ0v) is 13.2. The number of rotatable bonds is 3. The Morgan fingerprint density at radius 3 is 2.61 bits per heavy atom. The number of aliphatic hydroxyl groups excluding tert-OH is 1. The van der Waals surface area contributed by atoms with Crippen molar-refractivity contribution in [1.29, 1.82) is 0 Å². The van der Waals surface area contributed by atoms with Crippen molar-refractivity contribution in [3.8, 4) is 0 Å². The van der Waals surface area contributed by atoms with Gasteiger partial charge in [0.15, 0.2) is 0 Å². The van der Waals surface area contributed by atoms with Crippen LogP contribution in [-0.2, 0) is 0 Å². The molecular weight excluding hydrogens is 362 g/mol. The minimum Gasteiger partial charge on any atom is -0.398 e. The van der Waals surface area contributed by atoms with Crippen LogP contribution in [0.4, 0.5) is 5.69 Å². The Bertz CT molecular complexity index is 422. The Morgan fingerprint density at radius 1 is 1.33 bits per heavy atom. The van der Waals surface area contributed by atoms with E-state index in [9.17, 15) is 5.11 Å². The van der Waals surface area contributed by atoms with Crippen molar-refractivity contribution in [1.82, 2.24) is 10.2 Å². The van der Waals surface area contributed by atoms with E-state index >= 15 is 0 Å². The number of halogens is 2. The van der Waals surface area contributed by atoms with Crippen molar-refractivity contribution in [2.24, 2.45) is 0 Å². The quantitative estimate of drug-likeness (QED) is 0.701. The van der Waals surface area contributed by atoms with Gasteiger partial charge in [0.1, 0.15) is 0 Å². The molecule has 0 radical (unpaired) electrons.